The summed E-state index contributed by atoms with van der Waals surface area (Å²) in [4.78, 5) is 0. The van der Waals surface area contributed by atoms with Crippen molar-refractivity contribution in [1.82, 2.24) is 10.2 Å². The minimum Gasteiger partial charge on any atom is -0.388 e. The van der Waals surface area contributed by atoms with Crippen molar-refractivity contribution >= 4 is 16.5 Å². The Morgan fingerprint density at radius 1 is 1.54 bits per heavy atom. The van der Waals surface area contributed by atoms with Crippen LogP contribution in [0.1, 0.15) is 24.3 Å². The molecule has 0 radical (unpaired) electrons. The summed E-state index contributed by atoms with van der Waals surface area (Å²) in [5.74, 6) is 0. The third-order valence-electron chi connectivity index (χ3n) is 2.38. The maximum atomic E-state index is 9.77. The van der Waals surface area contributed by atoms with E-state index in [4.69, 9.17) is 0 Å². The Labute approximate surface area is 81.0 Å². The van der Waals surface area contributed by atoms with E-state index in [0.29, 0.717) is 6.54 Å². The van der Waals surface area contributed by atoms with Crippen LogP contribution in [0, 0.1) is 6.92 Å². The highest BCUT2D eigenvalue weighted by molar-refractivity contribution is 7.15. The molecule has 13 heavy (non-hydrogen) atoms. The van der Waals surface area contributed by atoms with Crippen LogP contribution in [0.15, 0.2) is 0 Å². The highest BCUT2D eigenvalue weighted by Gasteiger charge is 2.34. The molecule has 0 atom stereocenters. The lowest BCUT2D eigenvalue weighted by Crippen LogP contribution is -2.43. The average Bonchev–Trinajstić information content (AvgIpc) is 2.44. The van der Waals surface area contributed by atoms with Gasteiger partial charge in [0.25, 0.3) is 0 Å². The van der Waals surface area contributed by atoms with Crippen LogP contribution in [-0.4, -0.2) is 27.4 Å². The molecule has 0 spiro atoms. The van der Waals surface area contributed by atoms with E-state index < -0.39 is 5.60 Å². The van der Waals surface area contributed by atoms with Crippen molar-refractivity contribution in [1.29, 1.82) is 0 Å². The zero-order chi connectivity index (χ0) is 9.31. The Balaban J connectivity index is 1.85. The number of anilines is 1. The standard InChI is InChI=1S/C8H13N3OS/c1-6-10-11-7(13-6)9-5-8(12)3-2-4-8/h12H,2-5H2,1H3,(H,9,11). The Bertz CT molecular complexity index is 295. The fourth-order valence-electron chi connectivity index (χ4n) is 1.37. The number of nitrogens with zero attached hydrogens (tertiary/aromatic N) is 2. The summed E-state index contributed by atoms with van der Waals surface area (Å²) < 4.78 is 0. The molecule has 1 aromatic heterocycles. The normalized spacial score (nSPS) is 19.5. The van der Waals surface area contributed by atoms with Gasteiger partial charge in [-0.2, -0.15) is 0 Å². The van der Waals surface area contributed by atoms with Gasteiger partial charge in [0, 0.05) is 6.54 Å². The van der Waals surface area contributed by atoms with E-state index in [2.05, 4.69) is 15.5 Å². The van der Waals surface area contributed by atoms with Crippen LogP contribution in [-0.2, 0) is 0 Å². The molecule has 1 heterocycles. The highest BCUT2D eigenvalue weighted by Crippen LogP contribution is 2.31. The van der Waals surface area contributed by atoms with Gasteiger partial charge >= 0.3 is 0 Å². The van der Waals surface area contributed by atoms with E-state index in [0.717, 1.165) is 29.4 Å². The predicted octanol–water partition coefficient (Wildman–Crippen LogP) is 1.17. The SMILES string of the molecule is Cc1nnc(NCC2(O)CCC2)s1. The zero-order valence-electron chi connectivity index (χ0n) is 7.58. The second kappa shape index (κ2) is 3.23. The van der Waals surface area contributed by atoms with Gasteiger partial charge in [0.05, 0.1) is 5.60 Å². The minimum atomic E-state index is -0.487. The molecule has 0 aromatic carbocycles. The Kier molecular flexibility index (Phi) is 2.21. The number of aryl methyl sites for hydroxylation is 1. The van der Waals surface area contributed by atoms with Crippen LogP contribution in [0.2, 0.25) is 0 Å². The van der Waals surface area contributed by atoms with E-state index in [1.165, 1.54) is 11.3 Å². The van der Waals surface area contributed by atoms with Gasteiger partial charge in [0.15, 0.2) is 0 Å². The largest absolute Gasteiger partial charge is 0.388 e. The molecule has 1 aliphatic carbocycles. The second-order valence-corrected chi connectivity index (χ2v) is 4.74. The van der Waals surface area contributed by atoms with Crippen LogP contribution in [0.3, 0.4) is 0 Å². The molecule has 5 heteroatoms. The zero-order valence-corrected chi connectivity index (χ0v) is 8.39. The van der Waals surface area contributed by atoms with Crippen molar-refractivity contribution in [2.24, 2.45) is 0 Å². The second-order valence-electron chi connectivity index (χ2n) is 3.56. The molecule has 1 saturated carbocycles. The van der Waals surface area contributed by atoms with E-state index in [9.17, 15) is 5.11 Å². The van der Waals surface area contributed by atoms with Crippen molar-refractivity contribution in [2.45, 2.75) is 31.8 Å². The lowest BCUT2D eigenvalue weighted by Gasteiger charge is -2.36. The van der Waals surface area contributed by atoms with Crippen molar-refractivity contribution < 1.29 is 5.11 Å². The highest BCUT2D eigenvalue weighted by atomic mass is 32.1. The molecule has 0 aliphatic heterocycles. The average molecular weight is 199 g/mol. The van der Waals surface area contributed by atoms with Crippen molar-refractivity contribution in [2.75, 3.05) is 11.9 Å². The maximum absolute atomic E-state index is 9.77. The lowest BCUT2D eigenvalue weighted by atomic mass is 9.80. The molecular formula is C8H13N3OS. The van der Waals surface area contributed by atoms with Crippen molar-refractivity contribution in [3.63, 3.8) is 0 Å². The summed E-state index contributed by atoms with van der Waals surface area (Å²) in [6.45, 7) is 2.52. The molecule has 0 saturated heterocycles. The van der Waals surface area contributed by atoms with Gasteiger partial charge < -0.3 is 10.4 Å². The molecule has 4 nitrogen and oxygen atoms in total. The van der Waals surface area contributed by atoms with Gasteiger partial charge in [-0.3, -0.25) is 0 Å². The number of hydrogen-bond acceptors (Lipinski definition) is 5. The summed E-state index contributed by atoms with van der Waals surface area (Å²) >= 11 is 1.52. The van der Waals surface area contributed by atoms with Gasteiger partial charge in [0.1, 0.15) is 5.01 Å². The molecule has 2 rings (SSSR count). The van der Waals surface area contributed by atoms with Gasteiger partial charge in [0.2, 0.25) is 5.13 Å². The predicted molar refractivity (Wildman–Crippen MR) is 51.9 cm³/mol. The molecule has 0 unspecified atom stereocenters. The molecule has 1 fully saturated rings. The van der Waals surface area contributed by atoms with Crippen LogP contribution in [0.5, 0.6) is 0 Å². The third-order valence-corrected chi connectivity index (χ3v) is 3.18. The van der Waals surface area contributed by atoms with E-state index >= 15 is 0 Å². The van der Waals surface area contributed by atoms with E-state index in [1.807, 2.05) is 6.92 Å². The minimum absolute atomic E-state index is 0.487. The van der Waals surface area contributed by atoms with Crippen molar-refractivity contribution in [3.8, 4) is 0 Å². The maximum Gasteiger partial charge on any atom is 0.205 e. The first-order chi connectivity index (χ1) is 6.18. The fraction of sp³-hybridized carbons (Fsp3) is 0.750. The molecule has 0 amide bonds. The molecule has 72 valence electrons. The quantitative estimate of drug-likeness (QED) is 0.767. The number of hydrogen-bond donors (Lipinski definition) is 2. The van der Waals surface area contributed by atoms with Crippen LogP contribution < -0.4 is 5.32 Å². The van der Waals surface area contributed by atoms with E-state index in [1.54, 1.807) is 0 Å². The summed E-state index contributed by atoms with van der Waals surface area (Å²) in [5, 5.41) is 22.4. The molecule has 0 bridgehead atoms. The van der Waals surface area contributed by atoms with Crippen LogP contribution >= 0.6 is 11.3 Å². The summed E-state index contributed by atoms with van der Waals surface area (Å²) in [7, 11) is 0. The Morgan fingerprint density at radius 2 is 2.31 bits per heavy atom. The van der Waals surface area contributed by atoms with Gasteiger partial charge in [-0.15, -0.1) is 10.2 Å². The molecule has 1 aliphatic rings. The van der Waals surface area contributed by atoms with Gasteiger partial charge in [-0.25, -0.2) is 0 Å². The van der Waals surface area contributed by atoms with Crippen LogP contribution in [0.25, 0.3) is 0 Å². The molecule has 2 N–H and O–H groups in total. The summed E-state index contributed by atoms with van der Waals surface area (Å²) in [5.41, 5.74) is -0.487. The van der Waals surface area contributed by atoms with Gasteiger partial charge in [-0.1, -0.05) is 11.3 Å². The molecular weight excluding hydrogens is 186 g/mol. The first-order valence-electron chi connectivity index (χ1n) is 4.44. The van der Waals surface area contributed by atoms with E-state index in [-0.39, 0.29) is 0 Å². The smallest absolute Gasteiger partial charge is 0.205 e. The first-order valence-corrected chi connectivity index (χ1v) is 5.26. The lowest BCUT2D eigenvalue weighted by molar-refractivity contribution is -0.0202. The molecule has 1 aromatic rings. The summed E-state index contributed by atoms with van der Waals surface area (Å²) in [6.07, 6.45) is 2.93. The fourth-order valence-corrected chi connectivity index (χ4v) is 1.96. The third kappa shape index (κ3) is 1.97. The number of nitrogens with one attached hydrogen (secondary N) is 1. The topological polar surface area (TPSA) is 58.0 Å². The number of aliphatic hydroxyl groups is 1. The van der Waals surface area contributed by atoms with Crippen molar-refractivity contribution in [3.05, 3.63) is 5.01 Å². The first kappa shape index (κ1) is 8.90. The summed E-state index contributed by atoms with van der Waals surface area (Å²) in [6, 6.07) is 0. The number of aromatic nitrogens is 2. The van der Waals surface area contributed by atoms with Crippen LogP contribution in [0.4, 0.5) is 5.13 Å². The monoisotopic (exact) mass is 199 g/mol. The Hall–Kier alpha value is -0.680. The number of rotatable bonds is 3. The Morgan fingerprint density at radius 3 is 2.77 bits per heavy atom. The van der Waals surface area contributed by atoms with Gasteiger partial charge in [-0.05, 0) is 26.2 Å².